The van der Waals surface area contributed by atoms with Gasteiger partial charge in [-0.3, -0.25) is 4.79 Å². The lowest BCUT2D eigenvalue weighted by atomic mass is 10.0. The summed E-state index contributed by atoms with van der Waals surface area (Å²) >= 11 is 1.17. The molecule has 1 aliphatic heterocycles. The average molecular weight is 409 g/mol. The smallest absolute Gasteiger partial charge is 0.342 e. The third-order valence-corrected chi connectivity index (χ3v) is 5.74. The quantitative estimate of drug-likeness (QED) is 0.715. The van der Waals surface area contributed by atoms with Crippen molar-refractivity contribution in [3.63, 3.8) is 0 Å². The van der Waals surface area contributed by atoms with Crippen LogP contribution in [0.1, 0.15) is 31.2 Å². The van der Waals surface area contributed by atoms with Gasteiger partial charge in [-0.1, -0.05) is 6.07 Å². The molecule has 0 bridgehead atoms. The molecule has 2 aliphatic rings. The van der Waals surface area contributed by atoms with E-state index in [2.05, 4.69) is 5.32 Å². The van der Waals surface area contributed by atoms with Crippen LogP contribution < -0.4 is 5.32 Å². The van der Waals surface area contributed by atoms with Gasteiger partial charge in [0.05, 0.1) is 11.3 Å². The normalized spacial score (nSPS) is 18.5. The van der Waals surface area contributed by atoms with E-state index in [1.165, 1.54) is 30.7 Å². The summed E-state index contributed by atoms with van der Waals surface area (Å²) in [6.07, 6.45) is 0.212. The van der Waals surface area contributed by atoms with Crippen molar-refractivity contribution in [1.82, 2.24) is 10.2 Å². The van der Waals surface area contributed by atoms with E-state index in [0.29, 0.717) is 10.9 Å². The van der Waals surface area contributed by atoms with Gasteiger partial charge in [0, 0.05) is 24.0 Å². The first-order chi connectivity index (χ1) is 11.9. The molecule has 1 aromatic carbocycles. The molecule has 2 fully saturated rings. The molecular weight excluding hydrogens is 385 g/mol. The number of carbonyl (C=O) groups is 1. The highest BCUT2D eigenvalue weighted by Crippen LogP contribution is 2.32. The number of hydrogen-bond acceptors (Lipinski definition) is 3. The monoisotopic (exact) mass is 408 g/mol. The standard InChI is InChI=1S/C18H23F3N2OS.ClH/c19-18(20,21)14-2-1-3-16(10-14)25-12-17(24)23-8-6-15(7-9-23)22-11-13-4-5-13;/h1-3,10,13,15,22H,4-9,11-12H2;1H. The second-order valence-electron chi connectivity index (χ2n) is 6.82. The van der Waals surface area contributed by atoms with E-state index in [4.69, 9.17) is 0 Å². The number of halogens is 4. The average Bonchev–Trinajstić information content (AvgIpc) is 3.42. The van der Waals surface area contributed by atoms with Crippen molar-refractivity contribution in [3.05, 3.63) is 29.8 Å². The topological polar surface area (TPSA) is 32.3 Å². The Morgan fingerprint density at radius 1 is 1.19 bits per heavy atom. The summed E-state index contributed by atoms with van der Waals surface area (Å²) in [7, 11) is 0. The fourth-order valence-corrected chi connectivity index (χ4v) is 3.84. The Kier molecular flexibility index (Phi) is 7.67. The molecule has 1 aliphatic carbocycles. The summed E-state index contributed by atoms with van der Waals surface area (Å²) in [4.78, 5) is 14.6. The molecule has 0 radical (unpaired) electrons. The molecule has 0 spiro atoms. The zero-order valence-electron chi connectivity index (χ0n) is 14.4. The number of benzene rings is 1. The highest BCUT2D eigenvalue weighted by molar-refractivity contribution is 8.00. The predicted octanol–water partition coefficient (Wildman–Crippen LogP) is 4.21. The van der Waals surface area contributed by atoms with Crippen LogP contribution in [0.4, 0.5) is 13.2 Å². The Labute approximate surface area is 162 Å². The van der Waals surface area contributed by atoms with Gasteiger partial charge >= 0.3 is 6.18 Å². The molecule has 1 saturated carbocycles. The molecule has 1 amide bonds. The number of carbonyl (C=O) groups excluding carboxylic acids is 1. The van der Waals surface area contributed by atoms with Gasteiger partial charge in [-0.25, -0.2) is 0 Å². The maximum atomic E-state index is 12.7. The van der Waals surface area contributed by atoms with Gasteiger partial charge in [0.1, 0.15) is 0 Å². The third kappa shape index (κ3) is 6.35. The minimum absolute atomic E-state index is 0. The van der Waals surface area contributed by atoms with Crippen molar-refractivity contribution in [1.29, 1.82) is 0 Å². The molecular formula is C18H24ClF3N2OS. The molecule has 8 heteroatoms. The van der Waals surface area contributed by atoms with E-state index in [9.17, 15) is 18.0 Å². The number of nitrogens with one attached hydrogen (secondary N) is 1. The van der Waals surface area contributed by atoms with Crippen molar-refractivity contribution in [2.75, 3.05) is 25.4 Å². The highest BCUT2D eigenvalue weighted by atomic mass is 35.5. The SMILES string of the molecule is Cl.O=C(CSc1cccc(C(F)(F)F)c1)N1CCC(NCC2CC2)CC1. The molecule has 146 valence electrons. The fraction of sp³-hybridized carbons (Fsp3) is 0.611. The number of alkyl halides is 3. The van der Waals surface area contributed by atoms with E-state index < -0.39 is 11.7 Å². The van der Waals surface area contributed by atoms with E-state index in [-0.39, 0.29) is 24.1 Å². The van der Waals surface area contributed by atoms with Crippen LogP contribution in [-0.4, -0.2) is 42.2 Å². The second-order valence-corrected chi connectivity index (χ2v) is 7.87. The number of likely N-dealkylation sites (tertiary alicyclic amines) is 1. The Balaban J connectivity index is 0.00000243. The first kappa shape index (κ1) is 21.4. The summed E-state index contributed by atoms with van der Waals surface area (Å²) in [6, 6.07) is 5.63. The van der Waals surface area contributed by atoms with Crippen molar-refractivity contribution >= 4 is 30.1 Å². The molecule has 1 N–H and O–H groups in total. The second kappa shape index (κ2) is 9.33. The predicted molar refractivity (Wildman–Crippen MR) is 99.7 cm³/mol. The van der Waals surface area contributed by atoms with Gasteiger partial charge in [0.2, 0.25) is 5.91 Å². The van der Waals surface area contributed by atoms with Crippen LogP contribution in [0, 0.1) is 5.92 Å². The number of piperidine rings is 1. The summed E-state index contributed by atoms with van der Waals surface area (Å²) in [5.74, 6) is 1.04. The van der Waals surface area contributed by atoms with Crippen molar-refractivity contribution in [2.45, 2.75) is 42.8 Å². The number of amides is 1. The lowest BCUT2D eigenvalue weighted by molar-refractivity contribution is -0.137. The summed E-state index contributed by atoms with van der Waals surface area (Å²) < 4.78 is 38.2. The van der Waals surface area contributed by atoms with E-state index >= 15 is 0 Å². The molecule has 0 atom stereocenters. The molecule has 1 aromatic rings. The Morgan fingerprint density at radius 2 is 1.88 bits per heavy atom. The Bertz CT molecular complexity index is 602. The summed E-state index contributed by atoms with van der Waals surface area (Å²) in [5, 5.41) is 3.57. The van der Waals surface area contributed by atoms with Crippen LogP contribution in [0.5, 0.6) is 0 Å². The third-order valence-electron chi connectivity index (χ3n) is 4.76. The zero-order chi connectivity index (χ0) is 17.9. The van der Waals surface area contributed by atoms with Crippen molar-refractivity contribution in [2.24, 2.45) is 5.92 Å². The Morgan fingerprint density at radius 3 is 2.50 bits per heavy atom. The molecule has 1 saturated heterocycles. The number of hydrogen-bond donors (Lipinski definition) is 1. The lowest BCUT2D eigenvalue weighted by Gasteiger charge is -2.32. The fourth-order valence-electron chi connectivity index (χ4n) is 2.99. The van der Waals surface area contributed by atoms with Crippen LogP contribution in [-0.2, 0) is 11.0 Å². The summed E-state index contributed by atoms with van der Waals surface area (Å²) in [6.45, 7) is 2.54. The molecule has 0 unspecified atom stereocenters. The van der Waals surface area contributed by atoms with Crippen LogP contribution >= 0.6 is 24.2 Å². The van der Waals surface area contributed by atoms with Gasteiger partial charge in [0.15, 0.2) is 0 Å². The van der Waals surface area contributed by atoms with E-state index in [1.54, 1.807) is 6.07 Å². The first-order valence-electron chi connectivity index (χ1n) is 8.73. The van der Waals surface area contributed by atoms with Crippen LogP contribution in [0.2, 0.25) is 0 Å². The molecule has 0 aromatic heterocycles. The molecule has 3 rings (SSSR count). The van der Waals surface area contributed by atoms with E-state index in [1.807, 2.05) is 4.90 Å². The first-order valence-corrected chi connectivity index (χ1v) is 9.71. The minimum atomic E-state index is -4.35. The van der Waals surface area contributed by atoms with Crippen molar-refractivity contribution in [3.8, 4) is 0 Å². The molecule has 26 heavy (non-hydrogen) atoms. The summed E-state index contributed by atoms with van der Waals surface area (Å²) in [5.41, 5.74) is -0.674. The number of thioether (sulfide) groups is 1. The number of rotatable bonds is 6. The highest BCUT2D eigenvalue weighted by Gasteiger charge is 2.30. The Hall–Kier alpha value is -0.920. The van der Waals surface area contributed by atoms with Crippen LogP contribution in [0.3, 0.4) is 0 Å². The largest absolute Gasteiger partial charge is 0.416 e. The zero-order valence-corrected chi connectivity index (χ0v) is 16.1. The molecule has 3 nitrogen and oxygen atoms in total. The van der Waals surface area contributed by atoms with Gasteiger partial charge < -0.3 is 10.2 Å². The maximum absolute atomic E-state index is 12.7. The molecule has 1 heterocycles. The van der Waals surface area contributed by atoms with Gasteiger partial charge in [0.25, 0.3) is 0 Å². The lowest BCUT2D eigenvalue weighted by Crippen LogP contribution is -2.45. The minimum Gasteiger partial charge on any atom is -0.342 e. The van der Waals surface area contributed by atoms with Crippen LogP contribution in [0.25, 0.3) is 0 Å². The van der Waals surface area contributed by atoms with Gasteiger partial charge in [-0.05, 0) is 56.3 Å². The number of nitrogens with zero attached hydrogens (tertiary/aromatic N) is 1. The van der Waals surface area contributed by atoms with Gasteiger partial charge in [-0.15, -0.1) is 24.2 Å². The van der Waals surface area contributed by atoms with Crippen LogP contribution in [0.15, 0.2) is 29.2 Å². The van der Waals surface area contributed by atoms with Gasteiger partial charge in [-0.2, -0.15) is 13.2 Å². The van der Waals surface area contributed by atoms with Crippen molar-refractivity contribution < 1.29 is 18.0 Å². The maximum Gasteiger partial charge on any atom is 0.416 e. The van der Waals surface area contributed by atoms with E-state index in [0.717, 1.165) is 50.5 Å².